The lowest BCUT2D eigenvalue weighted by Crippen LogP contribution is -2.19. The summed E-state index contributed by atoms with van der Waals surface area (Å²) in [6, 6.07) is 4.45. The quantitative estimate of drug-likeness (QED) is 0.762. The first-order valence-corrected chi connectivity index (χ1v) is 5.89. The molecule has 0 bridgehead atoms. The van der Waals surface area contributed by atoms with Crippen molar-refractivity contribution in [3.8, 4) is 0 Å². The number of anilines is 1. The van der Waals surface area contributed by atoms with Crippen LogP contribution in [0.15, 0.2) is 18.2 Å². The molecule has 0 aliphatic heterocycles. The summed E-state index contributed by atoms with van der Waals surface area (Å²) in [5, 5.41) is 3.06. The van der Waals surface area contributed by atoms with Crippen LogP contribution >= 0.6 is 0 Å². The van der Waals surface area contributed by atoms with Crippen LogP contribution in [0.25, 0.3) is 0 Å². The molecule has 0 aromatic heterocycles. The highest BCUT2D eigenvalue weighted by Crippen LogP contribution is 2.19. The van der Waals surface area contributed by atoms with Gasteiger partial charge in [0.05, 0.1) is 5.69 Å². The van der Waals surface area contributed by atoms with Crippen molar-refractivity contribution in [2.75, 3.05) is 5.32 Å². The summed E-state index contributed by atoms with van der Waals surface area (Å²) in [6.07, 6.45) is 4.12. The molecule has 1 rings (SSSR count). The lowest BCUT2D eigenvalue weighted by Gasteiger charge is -2.18. The summed E-state index contributed by atoms with van der Waals surface area (Å²) in [6.45, 7) is 4.17. The van der Waals surface area contributed by atoms with E-state index in [0.29, 0.717) is 0 Å². The minimum absolute atomic E-state index is 0.219. The zero-order valence-electron chi connectivity index (χ0n) is 9.89. The van der Waals surface area contributed by atoms with Gasteiger partial charge in [0.15, 0.2) is 11.6 Å². The lowest BCUT2D eigenvalue weighted by molar-refractivity contribution is 0.506. The first-order chi connectivity index (χ1) is 7.69. The standard InChI is InChI=1S/C13H19F2N/c1-3-5-7-10(4-2)16-12-9-6-8-11(14)13(12)15/h6,8-10,16H,3-5,7H2,1-2H3. The van der Waals surface area contributed by atoms with Gasteiger partial charge in [-0.05, 0) is 25.0 Å². The van der Waals surface area contributed by atoms with Crippen LogP contribution in [0.2, 0.25) is 0 Å². The maximum atomic E-state index is 13.4. The van der Waals surface area contributed by atoms with E-state index >= 15 is 0 Å². The molecule has 0 fully saturated rings. The van der Waals surface area contributed by atoms with Crippen LogP contribution in [-0.4, -0.2) is 6.04 Å². The van der Waals surface area contributed by atoms with Crippen LogP contribution in [0.4, 0.5) is 14.5 Å². The number of hydrogen-bond donors (Lipinski definition) is 1. The SMILES string of the molecule is CCCCC(CC)Nc1cccc(F)c1F. The van der Waals surface area contributed by atoms with Crippen molar-refractivity contribution in [1.82, 2.24) is 0 Å². The molecule has 0 heterocycles. The number of hydrogen-bond acceptors (Lipinski definition) is 1. The topological polar surface area (TPSA) is 12.0 Å². The average molecular weight is 227 g/mol. The summed E-state index contributed by atoms with van der Waals surface area (Å²) >= 11 is 0. The Labute approximate surface area is 95.9 Å². The van der Waals surface area contributed by atoms with Crippen LogP contribution in [0.1, 0.15) is 39.5 Å². The predicted octanol–water partition coefficient (Wildman–Crippen LogP) is 4.35. The molecule has 1 unspecified atom stereocenters. The number of halogens is 2. The van der Waals surface area contributed by atoms with E-state index < -0.39 is 11.6 Å². The molecule has 1 atom stereocenters. The molecule has 1 aromatic rings. The van der Waals surface area contributed by atoms with Gasteiger partial charge in [0.1, 0.15) is 0 Å². The van der Waals surface area contributed by atoms with Gasteiger partial charge in [0.25, 0.3) is 0 Å². The Bertz CT molecular complexity index is 326. The predicted molar refractivity (Wildman–Crippen MR) is 63.6 cm³/mol. The van der Waals surface area contributed by atoms with Crippen molar-refractivity contribution in [2.24, 2.45) is 0 Å². The van der Waals surface area contributed by atoms with Crippen molar-refractivity contribution in [1.29, 1.82) is 0 Å². The van der Waals surface area contributed by atoms with Gasteiger partial charge >= 0.3 is 0 Å². The van der Waals surface area contributed by atoms with E-state index in [1.54, 1.807) is 6.07 Å². The molecule has 90 valence electrons. The molecule has 1 N–H and O–H groups in total. The molecule has 0 saturated heterocycles. The molecule has 1 nitrogen and oxygen atoms in total. The van der Waals surface area contributed by atoms with Crippen LogP contribution in [0, 0.1) is 11.6 Å². The Morgan fingerprint density at radius 2 is 2.00 bits per heavy atom. The van der Waals surface area contributed by atoms with E-state index in [1.807, 2.05) is 6.92 Å². The van der Waals surface area contributed by atoms with Crippen molar-refractivity contribution in [2.45, 2.75) is 45.6 Å². The average Bonchev–Trinajstić information content (AvgIpc) is 2.30. The zero-order chi connectivity index (χ0) is 12.0. The molecule has 0 aliphatic carbocycles. The Hall–Kier alpha value is -1.12. The maximum absolute atomic E-state index is 13.4. The molecule has 3 heteroatoms. The van der Waals surface area contributed by atoms with Crippen LogP contribution in [-0.2, 0) is 0 Å². The van der Waals surface area contributed by atoms with E-state index in [2.05, 4.69) is 12.2 Å². The Morgan fingerprint density at radius 1 is 1.25 bits per heavy atom. The summed E-state index contributed by atoms with van der Waals surface area (Å²) < 4.78 is 26.4. The third-order valence-electron chi connectivity index (χ3n) is 2.71. The maximum Gasteiger partial charge on any atom is 0.181 e. The minimum atomic E-state index is -0.796. The second kappa shape index (κ2) is 6.46. The lowest BCUT2D eigenvalue weighted by atomic mass is 10.1. The van der Waals surface area contributed by atoms with Crippen molar-refractivity contribution >= 4 is 5.69 Å². The third-order valence-corrected chi connectivity index (χ3v) is 2.71. The smallest absolute Gasteiger partial charge is 0.181 e. The fraction of sp³-hybridized carbons (Fsp3) is 0.538. The third kappa shape index (κ3) is 3.47. The Kier molecular flexibility index (Phi) is 5.23. The molecule has 0 spiro atoms. The van der Waals surface area contributed by atoms with E-state index in [4.69, 9.17) is 0 Å². The van der Waals surface area contributed by atoms with E-state index in [9.17, 15) is 8.78 Å². The van der Waals surface area contributed by atoms with Gasteiger partial charge in [-0.1, -0.05) is 32.8 Å². The van der Waals surface area contributed by atoms with Crippen molar-refractivity contribution in [3.63, 3.8) is 0 Å². The molecule has 0 aliphatic rings. The monoisotopic (exact) mass is 227 g/mol. The van der Waals surface area contributed by atoms with Crippen LogP contribution in [0.5, 0.6) is 0 Å². The highest BCUT2D eigenvalue weighted by Gasteiger charge is 2.11. The van der Waals surface area contributed by atoms with E-state index in [-0.39, 0.29) is 11.7 Å². The van der Waals surface area contributed by atoms with Gasteiger partial charge in [-0.25, -0.2) is 8.78 Å². The van der Waals surface area contributed by atoms with E-state index in [0.717, 1.165) is 31.7 Å². The van der Waals surface area contributed by atoms with Gasteiger partial charge < -0.3 is 5.32 Å². The number of rotatable bonds is 6. The highest BCUT2D eigenvalue weighted by atomic mass is 19.2. The number of nitrogens with one attached hydrogen (secondary N) is 1. The van der Waals surface area contributed by atoms with Gasteiger partial charge in [-0.2, -0.15) is 0 Å². The fourth-order valence-corrected chi connectivity index (χ4v) is 1.66. The normalized spacial score (nSPS) is 12.5. The van der Waals surface area contributed by atoms with Crippen LogP contribution in [0.3, 0.4) is 0 Å². The molecule has 0 amide bonds. The Balaban J connectivity index is 2.66. The van der Waals surface area contributed by atoms with Gasteiger partial charge in [0.2, 0.25) is 0 Å². The van der Waals surface area contributed by atoms with Crippen molar-refractivity contribution < 1.29 is 8.78 Å². The molecule has 16 heavy (non-hydrogen) atoms. The minimum Gasteiger partial charge on any atom is -0.380 e. The summed E-state index contributed by atoms with van der Waals surface area (Å²) in [5.41, 5.74) is 0.267. The molecule has 1 aromatic carbocycles. The summed E-state index contributed by atoms with van der Waals surface area (Å²) in [5.74, 6) is -1.58. The van der Waals surface area contributed by atoms with E-state index in [1.165, 1.54) is 6.07 Å². The van der Waals surface area contributed by atoms with Crippen LogP contribution < -0.4 is 5.32 Å². The second-order valence-corrected chi connectivity index (χ2v) is 3.99. The summed E-state index contributed by atoms with van der Waals surface area (Å²) in [7, 11) is 0. The second-order valence-electron chi connectivity index (χ2n) is 3.99. The van der Waals surface area contributed by atoms with Gasteiger partial charge in [-0.15, -0.1) is 0 Å². The molecular formula is C13H19F2N. The largest absolute Gasteiger partial charge is 0.380 e. The Morgan fingerprint density at radius 3 is 2.62 bits per heavy atom. The van der Waals surface area contributed by atoms with Gasteiger partial charge in [0, 0.05) is 6.04 Å². The van der Waals surface area contributed by atoms with Gasteiger partial charge in [-0.3, -0.25) is 0 Å². The summed E-state index contributed by atoms with van der Waals surface area (Å²) in [4.78, 5) is 0. The number of unbranched alkanes of at least 4 members (excludes halogenated alkanes) is 1. The molecular weight excluding hydrogens is 208 g/mol. The highest BCUT2D eigenvalue weighted by molar-refractivity contribution is 5.45. The van der Waals surface area contributed by atoms with Crippen molar-refractivity contribution in [3.05, 3.63) is 29.8 Å². The molecule has 0 radical (unpaired) electrons. The zero-order valence-corrected chi connectivity index (χ0v) is 9.89. The first-order valence-electron chi connectivity index (χ1n) is 5.89. The molecule has 0 saturated carbocycles. The first kappa shape index (κ1) is 12.9. The fourth-order valence-electron chi connectivity index (χ4n) is 1.66. The number of benzene rings is 1.